The van der Waals surface area contributed by atoms with Crippen LogP contribution < -0.4 is 5.32 Å². The van der Waals surface area contributed by atoms with Crippen molar-refractivity contribution in [2.45, 2.75) is 58.0 Å². The van der Waals surface area contributed by atoms with Crippen molar-refractivity contribution >= 4 is 5.82 Å². The normalized spacial score (nSPS) is 15.6. The van der Waals surface area contributed by atoms with Crippen LogP contribution in [0, 0.1) is 0 Å². The first-order valence-electron chi connectivity index (χ1n) is 7.37. The summed E-state index contributed by atoms with van der Waals surface area (Å²) in [5.74, 6) is 2.39. The van der Waals surface area contributed by atoms with Gasteiger partial charge in [0.2, 0.25) is 0 Å². The lowest BCUT2D eigenvalue weighted by atomic mass is 9.95. The van der Waals surface area contributed by atoms with Crippen molar-refractivity contribution in [2.75, 3.05) is 19.0 Å². The fourth-order valence-corrected chi connectivity index (χ4v) is 2.48. The van der Waals surface area contributed by atoms with Gasteiger partial charge >= 0.3 is 0 Å². The van der Waals surface area contributed by atoms with Crippen LogP contribution in [0.15, 0.2) is 6.07 Å². The maximum atomic E-state index is 5.76. The van der Waals surface area contributed by atoms with Crippen LogP contribution in [-0.4, -0.2) is 23.6 Å². The molecular weight excluding hydrogens is 238 g/mol. The van der Waals surface area contributed by atoms with Gasteiger partial charge in [-0.25, -0.2) is 9.97 Å². The number of hydrogen-bond acceptors (Lipinski definition) is 4. The molecule has 0 atom stereocenters. The van der Waals surface area contributed by atoms with Gasteiger partial charge in [-0.05, 0) is 32.6 Å². The summed E-state index contributed by atoms with van der Waals surface area (Å²) in [5, 5.41) is 3.31. The highest BCUT2D eigenvalue weighted by Gasteiger charge is 2.34. The Labute approximate surface area is 116 Å². The molecule has 1 fully saturated rings. The van der Waals surface area contributed by atoms with E-state index in [4.69, 9.17) is 9.72 Å². The van der Waals surface area contributed by atoms with Crippen LogP contribution in [0.3, 0.4) is 0 Å². The predicted molar refractivity (Wildman–Crippen MR) is 77.4 cm³/mol. The van der Waals surface area contributed by atoms with Gasteiger partial charge in [-0.1, -0.05) is 13.8 Å². The Kier molecular flexibility index (Phi) is 4.40. The van der Waals surface area contributed by atoms with Gasteiger partial charge in [0.05, 0.1) is 0 Å². The molecule has 1 saturated carbocycles. The van der Waals surface area contributed by atoms with E-state index in [0.29, 0.717) is 5.92 Å². The number of anilines is 1. The van der Waals surface area contributed by atoms with Crippen molar-refractivity contribution in [2.24, 2.45) is 0 Å². The molecular formula is C15H25N3O. The molecule has 0 aliphatic heterocycles. The Hall–Kier alpha value is -1.16. The van der Waals surface area contributed by atoms with Crippen LogP contribution in [0.1, 0.15) is 63.9 Å². The summed E-state index contributed by atoms with van der Waals surface area (Å²) in [6.45, 7) is 7.22. The van der Waals surface area contributed by atoms with Crippen LogP contribution in [-0.2, 0) is 10.3 Å². The third-order valence-corrected chi connectivity index (χ3v) is 4.04. The second-order valence-corrected chi connectivity index (χ2v) is 5.21. The van der Waals surface area contributed by atoms with E-state index in [1.807, 2.05) is 0 Å². The quantitative estimate of drug-likeness (QED) is 0.818. The molecule has 0 bridgehead atoms. The molecule has 4 heteroatoms. The molecule has 1 N–H and O–H groups in total. The van der Waals surface area contributed by atoms with Crippen LogP contribution in [0.4, 0.5) is 5.82 Å². The smallest absolute Gasteiger partial charge is 0.162 e. The fourth-order valence-electron chi connectivity index (χ4n) is 2.48. The topological polar surface area (TPSA) is 47.0 Å². The number of methoxy groups -OCH3 is 1. The SMILES string of the molecule is CCNc1cc(C2CC2)nc(C(CC)(CC)OC)n1. The lowest BCUT2D eigenvalue weighted by Crippen LogP contribution is -2.30. The predicted octanol–water partition coefficient (Wildman–Crippen LogP) is 3.45. The van der Waals surface area contributed by atoms with Crippen molar-refractivity contribution < 1.29 is 4.74 Å². The van der Waals surface area contributed by atoms with Crippen molar-refractivity contribution in [3.63, 3.8) is 0 Å². The van der Waals surface area contributed by atoms with Gasteiger partial charge in [0.1, 0.15) is 11.4 Å². The van der Waals surface area contributed by atoms with Gasteiger partial charge in [-0.3, -0.25) is 0 Å². The van der Waals surface area contributed by atoms with Crippen molar-refractivity contribution in [3.05, 3.63) is 17.6 Å². The minimum Gasteiger partial charge on any atom is -0.370 e. The molecule has 1 aliphatic rings. The average molecular weight is 263 g/mol. The third-order valence-electron chi connectivity index (χ3n) is 4.04. The highest BCUT2D eigenvalue weighted by Crippen LogP contribution is 2.41. The van der Waals surface area contributed by atoms with Gasteiger partial charge in [0.15, 0.2) is 5.82 Å². The zero-order valence-electron chi connectivity index (χ0n) is 12.5. The maximum Gasteiger partial charge on any atom is 0.162 e. The second kappa shape index (κ2) is 5.87. The molecule has 106 valence electrons. The monoisotopic (exact) mass is 263 g/mol. The van der Waals surface area contributed by atoms with Gasteiger partial charge < -0.3 is 10.1 Å². The minimum absolute atomic E-state index is 0.352. The third kappa shape index (κ3) is 2.89. The average Bonchev–Trinajstić information content (AvgIpc) is 3.26. The van der Waals surface area contributed by atoms with Crippen molar-refractivity contribution in [1.82, 2.24) is 9.97 Å². The van der Waals surface area contributed by atoms with Crippen LogP contribution in [0.2, 0.25) is 0 Å². The first-order valence-corrected chi connectivity index (χ1v) is 7.37. The molecule has 0 radical (unpaired) electrons. The zero-order valence-corrected chi connectivity index (χ0v) is 12.5. The summed E-state index contributed by atoms with van der Waals surface area (Å²) in [4.78, 5) is 9.46. The Morgan fingerprint density at radius 2 is 1.95 bits per heavy atom. The summed E-state index contributed by atoms with van der Waals surface area (Å²) in [7, 11) is 1.76. The first kappa shape index (κ1) is 14.3. The van der Waals surface area contributed by atoms with Gasteiger partial charge in [-0.2, -0.15) is 0 Å². The number of aromatic nitrogens is 2. The lowest BCUT2D eigenvalue weighted by Gasteiger charge is -2.29. The highest BCUT2D eigenvalue weighted by atomic mass is 16.5. The van der Waals surface area contributed by atoms with Gasteiger partial charge in [0.25, 0.3) is 0 Å². The number of hydrogen-bond donors (Lipinski definition) is 1. The Morgan fingerprint density at radius 1 is 1.26 bits per heavy atom. The Morgan fingerprint density at radius 3 is 2.42 bits per heavy atom. The van der Waals surface area contributed by atoms with E-state index in [-0.39, 0.29) is 5.60 Å². The molecule has 1 aromatic rings. The summed E-state index contributed by atoms with van der Waals surface area (Å²) in [5.41, 5.74) is 0.819. The molecule has 0 spiro atoms. The minimum atomic E-state index is -0.352. The molecule has 0 unspecified atom stereocenters. The zero-order chi connectivity index (χ0) is 13.9. The molecule has 0 saturated heterocycles. The number of ether oxygens (including phenoxy) is 1. The van der Waals surface area contributed by atoms with E-state index in [9.17, 15) is 0 Å². The van der Waals surface area contributed by atoms with Crippen LogP contribution in [0.25, 0.3) is 0 Å². The van der Waals surface area contributed by atoms with Gasteiger partial charge in [-0.15, -0.1) is 0 Å². The maximum absolute atomic E-state index is 5.76. The number of nitrogens with zero attached hydrogens (tertiary/aromatic N) is 2. The van der Waals surface area contributed by atoms with E-state index < -0.39 is 0 Å². The molecule has 1 heterocycles. The van der Waals surface area contributed by atoms with Crippen LogP contribution in [0.5, 0.6) is 0 Å². The lowest BCUT2D eigenvalue weighted by molar-refractivity contribution is -0.0292. The van der Waals surface area contributed by atoms with Crippen molar-refractivity contribution in [3.8, 4) is 0 Å². The summed E-state index contributed by atoms with van der Waals surface area (Å²) in [6, 6.07) is 2.09. The van der Waals surface area contributed by atoms with Crippen LogP contribution >= 0.6 is 0 Å². The molecule has 2 rings (SSSR count). The fraction of sp³-hybridized carbons (Fsp3) is 0.733. The Bertz CT molecular complexity index is 417. The molecule has 0 aromatic carbocycles. The van der Waals surface area contributed by atoms with E-state index in [0.717, 1.165) is 31.0 Å². The van der Waals surface area contributed by atoms with E-state index >= 15 is 0 Å². The van der Waals surface area contributed by atoms with E-state index in [1.165, 1.54) is 18.5 Å². The number of nitrogens with one attached hydrogen (secondary N) is 1. The molecule has 0 amide bonds. The number of rotatable bonds is 7. The standard InChI is InChI=1S/C15H25N3O/c1-5-15(6-2,19-4)14-17-12(11-8-9-11)10-13(18-14)16-7-3/h10-11H,5-9H2,1-4H3,(H,16,17,18). The summed E-state index contributed by atoms with van der Waals surface area (Å²) >= 11 is 0. The molecule has 4 nitrogen and oxygen atoms in total. The van der Waals surface area contributed by atoms with E-state index in [2.05, 4.69) is 37.1 Å². The first-order chi connectivity index (χ1) is 9.19. The second-order valence-electron chi connectivity index (χ2n) is 5.21. The summed E-state index contributed by atoms with van der Waals surface area (Å²) < 4.78 is 5.76. The van der Waals surface area contributed by atoms with E-state index in [1.54, 1.807) is 7.11 Å². The van der Waals surface area contributed by atoms with Crippen molar-refractivity contribution in [1.29, 1.82) is 0 Å². The molecule has 1 aromatic heterocycles. The molecule has 19 heavy (non-hydrogen) atoms. The Balaban J connectivity index is 2.42. The van der Waals surface area contributed by atoms with Gasteiger partial charge in [0, 0.05) is 31.3 Å². The highest BCUT2D eigenvalue weighted by molar-refractivity contribution is 5.38. The largest absolute Gasteiger partial charge is 0.370 e. The molecule has 1 aliphatic carbocycles. The summed E-state index contributed by atoms with van der Waals surface area (Å²) in [6.07, 6.45) is 4.28.